The number of aromatic nitrogens is 1. The van der Waals surface area contributed by atoms with Gasteiger partial charge < -0.3 is 14.6 Å². The van der Waals surface area contributed by atoms with Crippen LogP contribution in [0.5, 0.6) is 5.75 Å². The average Bonchev–Trinajstić information content (AvgIpc) is 3.08. The molecule has 1 fully saturated rings. The lowest BCUT2D eigenvalue weighted by molar-refractivity contribution is -0.127. The lowest BCUT2D eigenvalue weighted by Gasteiger charge is -2.32. The molecular weight excluding hydrogens is 352 g/mol. The van der Waals surface area contributed by atoms with Crippen LogP contribution in [0.2, 0.25) is 0 Å². The molecule has 0 spiro atoms. The first-order chi connectivity index (χ1) is 13.6. The number of amides is 1. The number of nitrogens with one attached hydrogen (secondary N) is 1. The van der Waals surface area contributed by atoms with Crippen molar-refractivity contribution in [3.05, 3.63) is 65.4 Å². The number of likely N-dealkylation sites (tertiary alicyclic amines) is 1. The molecule has 144 valence electrons. The summed E-state index contributed by atoms with van der Waals surface area (Å²) in [6, 6.07) is 15.7. The number of aryl methyl sites for hydroxylation is 1. The van der Waals surface area contributed by atoms with Crippen molar-refractivity contribution < 1.29 is 14.3 Å². The lowest BCUT2D eigenvalue weighted by Crippen LogP contribution is -2.41. The highest BCUT2D eigenvalue weighted by atomic mass is 16.5. The minimum Gasteiger partial charge on any atom is -0.497 e. The Balaban J connectivity index is 1.47. The number of ketones is 1. The van der Waals surface area contributed by atoms with Crippen LogP contribution in [-0.4, -0.2) is 41.8 Å². The predicted molar refractivity (Wildman–Crippen MR) is 109 cm³/mol. The number of methoxy groups -OCH3 is 1. The average molecular weight is 376 g/mol. The molecule has 4 rings (SSSR count). The Bertz CT molecular complexity index is 1030. The summed E-state index contributed by atoms with van der Waals surface area (Å²) in [5.74, 6) is 0.400. The monoisotopic (exact) mass is 376 g/mol. The summed E-state index contributed by atoms with van der Waals surface area (Å²) in [7, 11) is 1.67. The summed E-state index contributed by atoms with van der Waals surface area (Å²) in [4.78, 5) is 30.7. The van der Waals surface area contributed by atoms with Crippen molar-refractivity contribution in [3.63, 3.8) is 0 Å². The smallest absolute Gasteiger partial charge is 0.295 e. The molecule has 1 aliphatic rings. The van der Waals surface area contributed by atoms with E-state index >= 15 is 0 Å². The fraction of sp³-hybridized carbons (Fsp3) is 0.304. The van der Waals surface area contributed by atoms with Crippen molar-refractivity contribution in [1.82, 2.24) is 9.88 Å². The van der Waals surface area contributed by atoms with Crippen molar-refractivity contribution in [3.8, 4) is 5.75 Å². The number of H-pyrrole nitrogens is 1. The molecule has 1 saturated heterocycles. The molecule has 1 aliphatic heterocycles. The third-order valence-electron chi connectivity index (χ3n) is 5.66. The van der Waals surface area contributed by atoms with Gasteiger partial charge >= 0.3 is 0 Å². The third kappa shape index (κ3) is 3.28. The number of carbonyl (C=O) groups is 2. The van der Waals surface area contributed by atoms with E-state index in [1.165, 1.54) is 5.56 Å². The topological polar surface area (TPSA) is 62.4 Å². The first-order valence-electron chi connectivity index (χ1n) is 9.63. The number of aromatic amines is 1. The van der Waals surface area contributed by atoms with E-state index < -0.39 is 11.7 Å². The molecule has 0 radical (unpaired) electrons. The molecule has 0 aliphatic carbocycles. The molecule has 5 heteroatoms. The zero-order valence-corrected chi connectivity index (χ0v) is 16.2. The van der Waals surface area contributed by atoms with Gasteiger partial charge in [-0.3, -0.25) is 9.59 Å². The molecule has 2 heterocycles. The SMILES string of the molecule is COc1cccc(C2CCN(C(=O)C(=O)c3c(C)[nH]c4ccccc34)CC2)c1. The van der Waals surface area contributed by atoms with Gasteiger partial charge in [0.1, 0.15) is 5.75 Å². The summed E-state index contributed by atoms with van der Waals surface area (Å²) in [6.07, 6.45) is 1.69. The van der Waals surface area contributed by atoms with E-state index in [9.17, 15) is 9.59 Å². The van der Waals surface area contributed by atoms with Crippen LogP contribution in [0, 0.1) is 6.92 Å². The van der Waals surface area contributed by atoms with Crippen LogP contribution in [0.3, 0.4) is 0 Å². The van der Waals surface area contributed by atoms with E-state index in [1.54, 1.807) is 12.0 Å². The molecule has 3 aromatic rings. The van der Waals surface area contributed by atoms with Gasteiger partial charge in [-0.2, -0.15) is 0 Å². The first-order valence-corrected chi connectivity index (χ1v) is 9.63. The molecule has 0 atom stereocenters. The van der Waals surface area contributed by atoms with Crippen molar-refractivity contribution in [1.29, 1.82) is 0 Å². The maximum absolute atomic E-state index is 12.9. The van der Waals surface area contributed by atoms with Crippen LogP contribution in [0.15, 0.2) is 48.5 Å². The highest BCUT2D eigenvalue weighted by Gasteiger charge is 2.30. The van der Waals surface area contributed by atoms with E-state index in [0.717, 1.165) is 35.2 Å². The van der Waals surface area contributed by atoms with E-state index in [-0.39, 0.29) is 0 Å². The molecule has 2 aromatic carbocycles. The van der Waals surface area contributed by atoms with Crippen LogP contribution in [0.25, 0.3) is 10.9 Å². The van der Waals surface area contributed by atoms with Crippen LogP contribution < -0.4 is 4.74 Å². The summed E-state index contributed by atoms with van der Waals surface area (Å²) in [5, 5.41) is 0.810. The molecule has 0 saturated carbocycles. The number of hydrogen-bond acceptors (Lipinski definition) is 3. The predicted octanol–water partition coefficient (Wildman–Crippen LogP) is 4.07. The maximum Gasteiger partial charge on any atom is 0.295 e. The van der Waals surface area contributed by atoms with Crippen molar-refractivity contribution in [2.24, 2.45) is 0 Å². The number of para-hydroxylation sites is 1. The molecule has 1 aromatic heterocycles. The number of hydrogen-bond donors (Lipinski definition) is 1. The van der Waals surface area contributed by atoms with Gasteiger partial charge in [-0.25, -0.2) is 0 Å². The fourth-order valence-corrected chi connectivity index (χ4v) is 4.13. The van der Waals surface area contributed by atoms with Crippen LogP contribution in [0.4, 0.5) is 0 Å². The van der Waals surface area contributed by atoms with Crippen molar-refractivity contribution in [2.45, 2.75) is 25.7 Å². The second kappa shape index (κ2) is 7.50. The lowest BCUT2D eigenvalue weighted by atomic mass is 9.89. The maximum atomic E-state index is 12.9. The molecule has 1 amide bonds. The molecular formula is C23H24N2O3. The quantitative estimate of drug-likeness (QED) is 0.551. The number of rotatable bonds is 4. The van der Waals surface area contributed by atoms with Gasteiger partial charge in [-0.1, -0.05) is 30.3 Å². The fourth-order valence-electron chi connectivity index (χ4n) is 4.13. The number of ether oxygens (including phenoxy) is 1. The highest BCUT2D eigenvalue weighted by Crippen LogP contribution is 2.31. The highest BCUT2D eigenvalue weighted by molar-refractivity contribution is 6.45. The van der Waals surface area contributed by atoms with Gasteiger partial charge in [0.05, 0.1) is 12.7 Å². The normalized spacial score (nSPS) is 15.0. The van der Waals surface area contributed by atoms with Gasteiger partial charge in [0, 0.05) is 29.7 Å². The van der Waals surface area contributed by atoms with Gasteiger partial charge in [-0.15, -0.1) is 0 Å². The largest absolute Gasteiger partial charge is 0.497 e. The molecule has 5 nitrogen and oxygen atoms in total. The molecule has 0 unspecified atom stereocenters. The minimum atomic E-state index is -0.421. The number of piperidine rings is 1. The summed E-state index contributed by atoms with van der Waals surface area (Å²) in [6.45, 7) is 3.03. The van der Waals surface area contributed by atoms with Crippen LogP contribution >= 0.6 is 0 Å². The Labute approximate surface area is 164 Å². The summed E-state index contributed by atoms with van der Waals surface area (Å²) < 4.78 is 5.31. The Morgan fingerprint density at radius 3 is 2.57 bits per heavy atom. The third-order valence-corrected chi connectivity index (χ3v) is 5.66. The summed E-state index contributed by atoms with van der Waals surface area (Å²) in [5.41, 5.74) is 3.35. The number of benzene rings is 2. The zero-order valence-electron chi connectivity index (χ0n) is 16.2. The standard InChI is InChI=1S/C23H24N2O3/c1-15-21(19-8-3-4-9-20(19)24-15)22(26)23(27)25-12-10-16(11-13-25)17-6-5-7-18(14-17)28-2/h3-9,14,16,24H,10-13H2,1-2H3. The Hall–Kier alpha value is -3.08. The Morgan fingerprint density at radius 1 is 1.07 bits per heavy atom. The molecule has 28 heavy (non-hydrogen) atoms. The van der Waals surface area contributed by atoms with E-state index in [0.29, 0.717) is 24.6 Å². The number of fused-ring (bicyclic) bond motifs is 1. The minimum absolute atomic E-state index is 0.379. The van der Waals surface area contributed by atoms with Crippen LogP contribution in [0.1, 0.15) is 40.4 Å². The van der Waals surface area contributed by atoms with Gasteiger partial charge in [0.15, 0.2) is 0 Å². The second-order valence-corrected chi connectivity index (χ2v) is 7.34. The van der Waals surface area contributed by atoms with Gasteiger partial charge in [0.25, 0.3) is 11.7 Å². The molecule has 0 bridgehead atoms. The van der Waals surface area contributed by atoms with Crippen LogP contribution in [-0.2, 0) is 4.79 Å². The Morgan fingerprint density at radius 2 is 1.82 bits per heavy atom. The van der Waals surface area contributed by atoms with Gasteiger partial charge in [-0.05, 0) is 49.4 Å². The van der Waals surface area contributed by atoms with Crippen molar-refractivity contribution >= 4 is 22.6 Å². The van der Waals surface area contributed by atoms with E-state index in [1.807, 2.05) is 43.3 Å². The van der Waals surface area contributed by atoms with Crippen molar-refractivity contribution in [2.75, 3.05) is 20.2 Å². The second-order valence-electron chi connectivity index (χ2n) is 7.34. The number of carbonyl (C=O) groups excluding carboxylic acids is 2. The zero-order chi connectivity index (χ0) is 19.7. The number of nitrogens with zero attached hydrogens (tertiary/aromatic N) is 1. The van der Waals surface area contributed by atoms with Gasteiger partial charge in [0.2, 0.25) is 0 Å². The molecule has 1 N–H and O–H groups in total. The van der Waals surface area contributed by atoms with E-state index in [4.69, 9.17) is 4.74 Å². The van der Waals surface area contributed by atoms with E-state index in [2.05, 4.69) is 17.1 Å². The number of Topliss-reactive ketones (excluding diaryl/α,β-unsaturated/α-hetero) is 1. The Kier molecular flexibility index (Phi) is 4.90. The summed E-state index contributed by atoms with van der Waals surface area (Å²) >= 11 is 0. The first kappa shape index (κ1) is 18.3.